The fourth-order valence-electron chi connectivity index (χ4n) is 3.78. The van der Waals surface area contributed by atoms with Crippen molar-refractivity contribution in [1.82, 2.24) is 0 Å². The van der Waals surface area contributed by atoms with Crippen LogP contribution in [-0.4, -0.2) is 22.8 Å². The van der Waals surface area contributed by atoms with Gasteiger partial charge in [-0.2, -0.15) is 13.2 Å². The largest absolute Gasteiger partial charge is 0.481 e. The van der Waals surface area contributed by atoms with Crippen LogP contribution in [0.15, 0.2) is 66.7 Å². The van der Waals surface area contributed by atoms with E-state index in [4.69, 9.17) is 0 Å². The first-order valence-electron chi connectivity index (χ1n) is 10.9. The number of benzene rings is 3. The molecule has 0 aliphatic rings. The minimum absolute atomic E-state index is 0.00976. The molecule has 0 fully saturated rings. The molecule has 0 saturated heterocycles. The summed E-state index contributed by atoms with van der Waals surface area (Å²) in [6.45, 7) is 2.81. The Bertz CT molecular complexity index is 1180. The minimum atomic E-state index is -4.53. The van der Waals surface area contributed by atoms with E-state index < -0.39 is 29.7 Å². The van der Waals surface area contributed by atoms with Gasteiger partial charge in [-0.15, -0.1) is 0 Å². The number of carboxylic acids is 1. The highest BCUT2D eigenvalue weighted by atomic mass is 19.4. The van der Waals surface area contributed by atoms with Crippen molar-refractivity contribution in [1.29, 1.82) is 0 Å². The molecule has 3 aromatic rings. The van der Waals surface area contributed by atoms with Crippen LogP contribution < -0.4 is 0 Å². The van der Waals surface area contributed by atoms with Crippen molar-refractivity contribution in [3.63, 3.8) is 0 Å². The molecule has 6 heteroatoms. The Morgan fingerprint density at radius 3 is 2.24 bits per heavy atom. The van der Waals surface area contributed by atoms with Crippen LogP contribution >= 0.6 is 0 Å². The van der Waals surface area contributed by atoms with Gasteiger partial charge in [0, 0.05) is 0 Å². The van der Waals surface area contributed by atoms with E-state index in [0.29, 0.717) is 5.56 Å². The summed E-state index contributed by atoms with van der Waals surface area (Å²) < 4.78 is 41.0. The summed E-state index contributed by atoms with van der Waals surface area (Å²) in [5, 5.41) is 18.8. The van der Waals surface area contributed by atoms with E-state index >= 15 is 0 Å². The summed E-state index contributed by atoms with van der Waals surface area (Å²) in [5.74, 6) is -1.14. The van der Waals surface area contributed by atoms with Gasteiger partial charge in [0.15, 0.2) is 0 Å². The number of halogens is 3. The molecule has 34 heavy (non-hydrogen) atoms. The Morgan fingerprint density at radius 2 is 1.62 bits per heavy atom. The maximum atomic E-state index is 13.7. The maximum Gasteiger partial charge on any atom is 0.416 e. The van der Waals surface area contributed by atoms with Crippen molar-refractivity contribution in [2.45, 2.75) is 32.9 Å². The highest BCUT2D eigenvalue weighted by Crippen LogP contribution is 2.35. The van der Waals surface area contributed by atoms with E-state index in [0.717, 1.165) is 28.3 Å². The second-order valence-corrected chi connectivity index (χ2v) is 8.66. The molecule has 3 rings (SSSR count). The molecule has 0 aromatic heterocycles. The molecule has 3 nitrogen and oxygen atoms in total. The van der Waals surface area contributed by atoms with E-state index in [1.807, 2.05) is 55.5 Å². The Morgan fingerprint density at radius 1 is 0.941 bits per heavy atom. The lowest BCUT2D eigenvalue weighted by atomic mass is 9.84. The topological polar surface area (TPSA) is 57.5 Å². The number of aliphatic hydroxyl groups is 1. The first-order chi connectivity index (χ1) is 16.0. The zero-order chi connectivity index (χ0) is 24.9. The quantitative estimate of drug-likeness (QED) is 0.355. The van der Waals surface area contributed by atoms with E-state index in [9.17, 15) is 28.2 Å². The Hall–Kier alpha value is -3.38. The third-order valence-electron chi connectivity index (χ3n) is 6.16. The summed E-state index contributed by atoms with van der Waals surface area (Å²) >= 11 is 0. The number of hydrogen-bond acceptors (Lipinski definition) is 2. The van der Waals surface area contributed by atoms with E-state index in [1.54, 1.807) is 6.08 Å². The predicted octanol–water partition coefficient (Wildman–Crippen LogP) is 6.87. The van der Waals surface area contributed by atoms with Gasteiger partial charge in [0.05, 0.1) is 17.6 Å². The molecule has 0 saturated carbocycles. The van der Waals surface area contributed by atoms with Crippen LogP contribution in [0.25, 0.3) is 23.3 Å². The van der Waals surface area contributed by atoms with Crippen molar-refractivity contribution in [2.75, 3.05) is 6.61 Å². The summed E-state index contributed by atoms with van der Waals surface area (Å²) in [4.78, 5) is 11.4. The summed E-state index contributed by atoms with van der Waals surface area (Å²) in [5.41, 5.74) is 2.26. The monoisotopic (exact) mass is 468 g/mol. The lowest BCUT2D eigenvalue weighted by molar-refractivity contribution is -0.150. The maximum absolute atomic E-state index is 13.7. The number of rotatable bonds is 8. The van der Waals surface area contributed by atoms with Crippen molar-refractivity contribution in [3.05, 3.63) is 94.5 Å². The highest BCUT2D eigenvalue weighted by molar-refractivity contribution is 5.78. The fraction of sp³-hybridized carbons (Fsp3) is 0.250. The average molecular weight is 469 g/mol. The first-order valence-corrected chi connectivity index (χ1v) is 10.9. The number of aryl methyl sites for hydroxylation is 1. The molecule has 0 radical (unpaired) electrons. The van der Waals surface area contributed by atoms with Gasteiger partial charge in [-0.05, 0) is 66.1 Å². The molecule has 0 aliphatic carbocycles. The molecule has 0 bridgehead atoms. The fourth-order valence-corrected chi connectivity index (χ4v) is 3.78. The molecule has 1 atom stereocenters. The zero-order valence-corrected chi connectivity index (χ0v) is 19.1. The molecular weight excluding hydrogens is 441 g/mol. The van der Waals surface area contributed by atoms with Crippen molar-refractivity contribution < 1.29 is 28.2 Å². The van der Waals surface area contributed by atoms with Crippen LogP contribution in [0.2, 0.25) is 0 Å². The van der Waals surface area contributed by atoms with Gasteiger partial charge >= 0.3 is 12.1 Å². The Balaban J connectivity index is 1.95. The lowest BCUT2D eigenvalue weighted by Crippen LogP contribution is -2.32. The van der Waals surface area contributed by atoms with Crippen LogP contribution in [0.3, 0.4) is 0 Å². The zero-order valence-electron chi connectivity index (χ0n) is 19.1. The van der Waals surface area contributed by atoms with Gasteiger partial charge in [-0.25, -0.2) is 0 Å². The first kappa shape index (κ1) is 25.2. The highest BCUT2D eigenvalue weighted by Gasteiger charge is 2.34. The van der Waals surface area contributed by atoms with E-state index in [2.05, 4.69) is 0 Å². The minimum Gasteiger partial charge on any atom is -0.481 e. The third-order valence-corrected chi connectivity index (χ3v) is 6.16. The molecule has 178 valence electrons. The molecule has 3 aromatic carbocycles. The van der Waals surface area contributed by atoms with Crippen molar-refractivity contribution >= 4 is 18.1 Å². The molecule has 2 N–H and O–H groups in total. The molecule has 0 amide bonds. The normalized spacial score (nSPS) is 13.7. The van der Waals surface area contributed by atoms with E-state index in [-0.39, 0.29) is 18.4 Å². The average Bonchev–Trinajstić information content (AvgIpc) is 2.81. The molecule has 0 spiro atoms. The van der Waals surface area contributed by atoms with Gasteiger partial charge in [-0.3, -0.25) is 4.79 Å². The summed E-state index contributed by atoms with van der Waals surface area (Å²) in [6, 6.07) is 19.3. The third kappa shape index (κ3) is 5.75. The smallest absolute Gasteiger partial charge is 0.416 e. The van der Waals surface area contributed by atoms with Crippen LogP contribution in [-0.2, 0) is 17.4 Å². The number of aliphatic hydroxyl groups excluding tert-OH is 1. The van der Waals surface area contributed by atoms with Crippen LogP contribution in [0.4, 0.5) is 13.2 Å². The summed E-state index contributed by atoms with van der Waals surface area (Å²) in [6.07, 6.45) is -1.08. The second kappa shape index (κ2) is 10.3. The molecule has 0 heterocycles. The second-order valence-electron chi connectivity index (χ2n) is 8.66. The summed E-state index contributed by atoms with van der Waals surface area (Å²) in [7, 11) is 0. The van der Waals surface area contributed by atoms with Gasteiger partial charge in [0.1, 0.15) is 0 Å². The Labute approximate surface area is 197 Å². The lowest BCUT2D eigenvalue weighted by Gasteiger charge is -2.22. The van der Waals surface area contributed by atoms with Crippen molar-refractivity contribution in [2.24, 2.45) is 5.41 Å². The Kier molecular flexibility index (Phi) is 7.62. The van der Waals surface area contributed by atoms with Gasteiger partial charge in [0.25, 0.3) is 0 Å². The number of carboxylic acid groups (broad SMARTS) is 1. The number of aliphatic carboxylic acids is 1. The van der Waals surface area contributed by atoms with Crippen LogP contribution in [0.5, 0.6) is 0 Å². The SMILES string of the molecule is Cc1c(/C=C/c2cc(CC[C@](C)(CO)C(=O)O)ccc2C(F)(F)F)cccc1-c1ccccc1. The standard InChI is InChI=1S/C28H27F3O3/c1-19-21(9-6-10-24(19)22-7-4-3-5-8-22)12-13-23-17-20(11-14-25(23)28(29,30)31)15-16-27(2,18-32)26(33)34/h3-14,17,32H,15-16,18H2,1-2H3,(H,33,34)/b13-12+/t27-/m1/s1. The molecular formula is C28H27F3O3. The number of hydrogen-bond donors (Lipinski definition) is 2. The van der Waals surface area contributed by atoms with Gasteiger partial charge < -0.3 is 10.2 Å². The van der Waals surface area contributed by atoms with E-state index in [1.165, 1.54) is 25.1 Å². The van der Waals surface area contributed by atoms with Gasteiger partial charge in [0.2, 0.25) is 0 Å². The predicted molar refractivity (Wildman–Crippen MR) is 128 cm³/mol. The van der Waals surface area contributed by atoms with Gasteiger partial charge in [-0.1, -0.05) is 72.8 Å². The van der Waals surface area contributed by atoms with Crippen molar-refractivity contribution in [3.8, 4) is 11.1 Å². The molecule has 0 aliphatic heterocycles. The number of carbonyl (C=O) groups is 1. The molecule has 0 unspecified atom stereocenters. The van der Waals surface area contributed by atoms with Crippen LogP contribution in [0, 0.1) is 12.3 Å². The van der Waals surface area contributed by atoms with Crippen LogP contribution in [0.1, 0.15) is 41.2 Å². The number of alkyl halides is 3.